The van der Waals surface area contributed by atoms with Crippen molar-refractivity contribution in [2.75, 3.05) is 14.2 Å². The van der Waals surface area contributed by atoms with Gasteiger partial charge in [-0.3, -0.25) is 10.1 Å². The molecule has 0 radical (unpaired) electrons. The number of carbonyl (C=O) groups excluding carboxylic acids is 1. The first-order chi connectivity index (χ1) is 5.13. The molecule has 0 heterocycles. The third-order valence-electron chi connectivity index (χ3n) is 0.872. The summed E-state index contributed by atoms with van der Waals surface area (Å²) < 4.78 is 4.14. The molecule has 0 amide bonds. The van der Waals surface area contributed by atoms with Crippen LogP contribution in [0.15, 0.2) is 11.9 Å². The molecule has 0 saturated carbocycles. The van der Waals surface area contributed by atoms with Crippen molar-refractivity contribution < 1.29 is 14.5 Å². The molecule has 0 fully saturated rings. The predicted molar refractivity (Wildman–Crippen MR) is 36.2 cm³/mol. The van der Waals surface area contributed by atoms with Gasteiger partial charge in [0.05, 0.1) is 18.2 Å². The van der Waals surface area contributed by atoms with E-state index in [1.807, 2.05) is 0 Å². The largest absolute Gasteiger partial charge is 0.461 e. The summed E-state index contributed by atoms with van der Waals surface area (Å²) in [4.78, 5) is 19.8. The Morgan fingerprint density at radius 3 is 2.55 bits per heavy atom. The van der Waals surface area contributed by atoms with Gasteiger partial charge in [0.25, 0.3) is 0 Å². The average Bonchev–Trinajstić information content (AvgIpc) is 1.98. The van der Waals surface area contributed by atoms with E-state index in [2.05, 4.69) is 10.1 Å². The molecule has 11 heavy (non-hydrogen) atoms. The molecule has 0 aliphatic rings. The van der Waals surface area contributed by atoms with Gasteiger partial charge in [-0.25, -0.2) is 4.79 Å². The summed E-state index contributed by atoms with van der Waals surface area (Å²) in [6.45, 7) is 0. The quantitative estimate of drug-likeness (QED) is 0.260. The van der Waals surface area contributed by atoms with Gasteiger partial charge in [0, 0.05) is 7.05 Å². The zero-order valence-electron chi connectivity index (χ0n) is 6.16. The van der Waals surface area contributed by atoms with Crippen LogP contribution < -0.4 is 5.32 Å². The number of carbonyl (C=O) groups is 1. The highest BCUT2D eigenvalue weighted by atomic mass is 16.6. The van der Waals surface area contributed by atoms with E-state index in [1.165, 1.54) is 7.05 Å². The number of ether oxygens (including phenoxy) is 1. The van der Waals surface area contributed by atoms with Gasteiger partial charge < -0.3 is 10.1 Å². The summed E-state index contributed by atoms with van der Waals surface area (Å²) in [5.41, 5.74) is -0.616. The molecule has 0 unspecified atom stereocenters. The fourth-order valence-corrected chi connectivity index (χ4v) is 0.427. The van der Waals surface area contributed by atoms with Crippen LogP contribution in [-0.4, -0.2) is 25.1 Å². The number of methoxy groups -OCH3 is 1. The van der Waals surface area contributed by atoms with Crippen LogP contribution in [0.4, 0.5) is 0 Å². The Balaban J connectivity index is 4.48. The van der Waals surface area contributed by atoms with Gasteiger partial charge >= 0.3 is 11.7 Å². The van der Waals surface area contributed by atoms with Crippen molar-refractivity contribution in [2.24, 2.45) is 0 Å². The number of rotatable bonds is 3. The summed E-state index contributed by atoms with van der Waals surface area (Å²) in [6.07, 6.45) is 0.964. The summed E-state index contributed by atoms with van der Waals surface area (Å²) in [6, 6.07) is 0. The second kappa shape index (κ2) is 4.26. The van der Waals surface area contributed by atoms with E-state index in [9.17, 15) is 14.9 Å². The van der Waals surface area contributed by atoms with Crippen LogP contribution in [-0.2, 0) is 9.53 Å². The fraction of sp³-hybridized carbons (Fsp3) is 0.400. The lowest BCUT2D eigenvalue weighted by Crippen LogP contribution is -2.15. The maximum absolute atomic E-state index is 10.6. The van der Waals surface area contributed by atoms with E-state index in [-0.39, 0.29) is 0 Å². The Bertz CT molecular complexity index is 199. The number of nitro groups is 1. The van der Waals surface area contributed by atoms with Crippen LogP contribution in [0, 0.1) is 10.1 Å². The number of nitrogens with zero attached hydrogens (tertiary/aromatic N) is 1. The van der Waals surface area contributed by atoms with E-state index >= 15 is 0 Å². The molecule has 0 bridgehead atoms. The van der Waals surface area contributed by atoms with Crippen LogP contribution in [0.25, 0.3) is 0 Å². The first kappa shape index (κ1) is 9.41. The maximum Gasteiger partial charge on any atom is 0.411 e. The lowest BCUT2D eigenvalue weighted by Gasteiger charge is -1.94. The molecule has 6 nitrogen and oxygen atoms in total. The second-order valence-electron chi connectivity index (χ2n) is 1.57. The van der Waals surface area contributed by atoms with Crippen molar-refractivity contribution in [1.82, 2.24) is 5.32 Å². The highest BCUT2D eigenvalue weighted by molar-refractivity contribution is 5.85. The Kier molecular flexibility index (Phi) is 3.65. The number of hydrogen-bond acceptors (Lipinski definition) is 5. The van der Waals surface area contributed by atoms with Crippen molar-refractivity contribution in [3.05, 3.63) is 22.0 Å². The Labute approximate surface area is 63.0 Å². The average molecular weight is 160 g/mol. The standard InChI is InChI=1S/C5H8N2O4/c1-6-3-4(7(9)10)5(8)11-2/h3,6H,1-2H3/b4-3+. The third-order valence-corrected chi connectivity index (χ3v) is 0.872. The van der Waals surface area contributed by atoms with Crippen LogP contribution >= 0.6 is 0 Å². The summed E-state index contributed by atoms with van der Waals surface area (Å²) >= 11 is 0. The van der Waals surface area contributed by atoms with E-state index in [0.29, 0.717) is 0 Å². The second-order valence-corrected chi connectivity index (χ2v) is 1.57. The van der Waals surface area contributed by atoms with E-state index in [0.717, 1.165) is 13.3 Å². The van der Waals surface area contributed by atoms with E-state index < -0.39 is 16.6 Å². The van der Waals surface area contributed by atoms with Crippen LogP contribution in [0.1, 0.15) is 0 Å². The Hall–Kier alpha value is -1.59. The van der Waals surface area contributed by atoms with Crippen molar-refractivity contribution in [2.45, 2.75) is 0 Å². The van der Waals surface area contributed by atoms with Gasteiger partial charge in [0.15, 0.2) is 0 Å². The molecule has 0 rings (SSSR count). The molecule has 0 aromatic carbocycles. The summed E-state index contributed by atoms with van der Waals surface area (Å²) in [5, 5.41) is 12.4. The highest BCUT2D eigenvalue weighted by Crippen LogP contribution is 1.95. The number of hydrogen-bond donors (Lipinski definition) is 1. The summed E-state index contributed by atoms with van der Waals surface area (Å²) in [5.74, 6) is -0.968. The SMILES string of the molecule is CN/C=C(\C(=O)OC)[N+](=O)[O-]. The van der Waals surface area contributed by atoms with Crippen LogP contribution in [0.3, 0.4) is 0 Å². The Morgan fingerprint density at radius 1 is 1.73 bits per heavy atom. The van der Waals surface area contributed by atoms with Crippen LogP contribution in [0.5, 0.6) is 0 Å². The molecule has 1 N–H and O–H groups in total. The topological polar surface area (TPSA) is 81.5 Å². The lowest BCUT2D eigenvalue weighted by atomic mass is 10.5. The molecule has 6 heteroatoms. The van der Waals surface area contributed by atoms with E-state index in [4.69, 9.17) is 0 Å². The smallest absolute Gasteiger partial charge is 0.411 e. The van der Waals surface area contributed by atoms with Crippen LogP contribution in [0.2, 0.25) is 0 Å². The molecule has 0 aromatic heterocycles. The third kappa shape index (κ3) is 2.65. The Morgan fingerprint density at radius 2 is 2.27 bits per heavy atom. The van der Waals surface area contributed by atoms with Gasteiger partial charge in [0.2, 0.25) is 0 Å². The molecular weight excluding hydrogens is 152 g/mol. The van der Waals surface area contributed by atoms with E-state index in [1.54, 1.807) is 0 Å². The predicted octanol–water partition coefficient (Wildman–Crippen LogP) is -0.503. The summed E-state index contributed by atoms with van der Waals surface area (Å²) in [7, 11) is 2.53. The molecule has 0 atom stereocenters. The number of nitrogens with one attached hydrogen (secondary N) is 1. The van der Waals surface area contributed by atoms with Crippen molar-refractivity contribution in [3.63, 3.8) is 0 Å². The van der Waals surface area contributed by atoms with Crippen molar-refractivity contribution in [3.8, 4) is 0 Å². The molecule has 0 aliphatic heterocycles. The van der Waals surface area contributed by atoms with Gasteiger partial charge in [-0.05, 0) is 0 Å². The first-order valence-corrected chi connectivity index (χ1v) is 2.73. The van der Waals surface area contributed by atoms with Gasteiger partial charge in [-0.1, -0.05) is 0 Å². The van der Waals surface area contributed by atoms with Gasteiger partial charge in [-0.15, -0.1) is 0 Å². The minimum atomic E-state index is -0.968. The highest BCUT2D eigenvalue weighted by Gasteiger charge is 2.21. The van der Waals surface area contributed by atoms with Crippen molar-refractivity contribution in [1.29, 1.82) is 0 Å². The molecule has 0 aromatic rings. The molecule has 62 valence electrons. The molecular formula is C5H8N2O4. The van der Waals surface area contributed by atoms with Crippen molar-refractivity contribution >= 4 is 5.97 Å². The minimum absolute atomic E-state index is 0.616. The zero-order chi connectivity index (χ0) is 8.85. The fourth-order valence-electron chi connectivity index (χ4n) is 0.427. The molecule has 0 aliphatic carbocycles. The van der Waals surface area contributed by atoms with Gasteiger partial charge in [0.1, 0.15) is 0 Å². The number of esters is 1. The normalized spacial score (nSPS) is 10.5. The molecule has 0 saturated heterocycles. The zero-order valence-corrected chi connectivity index (χ0v) is 6.16. The monoisotopic (exact) mass is 160 g/mol. The first-order valence-electron chi connectivity index (χ1n) is 2.73. The molecule has 0 spiro atoms. The van der Waals surface area contributed by atoms with Gasteiger partial charge in [-0.2, -0.15) is 0 Å². The lowest BCUT2D eigenvalue weighted by molar-refractivity contribution is -0.421. The maximum atomic E-state index is 10.6. The minimum Gasteiger partial charge on any atom is -0.461 e.